The lowest BCUT2D eigenvalue weighted by Crippen LogP contribution is -3.27. The Morgan fingerprint density at radius 3 is 2.29 bits per heavy atom. The van der Waals surface area contributed by atoms with Gasteiger partial charge in [0, 0.05) is 28.6 Å². The van der Waals surface area contributed by atoms with Crippen LogP contribution in [0.25, 0.3) is 11.0 Å². The van der Waals surface area contributed by atoms with Gasteiger partial charge < -0.3 is 19.3 Å². The van der Waals surface area contributed by atoms with E-state index in [1.807, 2.05) is 13.0 Å². The number of fused-ring (bicyclic) bond motifs is 1. The molecule has 0 bridgehead atoms. The van der Waals surface area contributed by atoms with Crippen LogP contribution in [0, 0.1) is 0 Å². The average Bonchev–Trinajstić information content (AvgIpc) is 2.69. The number of phenolic OH excluding ortho intramolecular Hbond substituents is 1. The second-order valence-corrected chi connectivity index (χ2v) is 7.76. The number of piperazine rings is 1. The van der Waals surface area contributed by atoms with Crippen LogP contribution < -0.4 is 15.4 Å². The Bertz CT molecular complexity index is 1010. The van der Waals surface area contributed by atoms with Crippen molar-refractivity contribution in [3.8, 4) is 5.75 Å². The van der Waals surface area contributed by atoms with E-state index >= 15 is 0 Å². The van der Waals surface area contributed by atoms with Gasteiger partial charge in [-0.1, -0.05) is 37.3 Å². The van der Waals surface area contributed by atoms with Gasteiger partial charge in [0.25, 0.3) is 0 Å². The zero-order valence-electron chi connectivity index (χ0n) is 16.3. The van der Waals surface area contributed by atoms with Gasteiger partial charge in [0.15, 0.2) is 0 Å². The van der Waals surface area contributed by atoms with Crippen LogP contribution in [0.15, 0.2) is 57.7 Å². The van der Waals surface area contributed by atoms with Crippen molar-refractivity contribution in [1.29, 1.82) is 0 Å². The van der Waals surface area contributed by atoms with E-state index in [0.717, 1.165) is 62.2 Å². The number of hydrogen-bond acceptors (Lipinski definition) is 3. The molecule has 3 N–H and O–H groups in total. The molecule has 2 heterocycles. The molecule has 2 aromatic carbocycles. The molecule has 0 aliphatic carbocycles. The first kappa shape index (κ1) is 18.7. The van der Waals surface area contributed by atoms with Crippen LogP contribution in [-0.2, 0) is 19.5 Å². The molecule has 5 heteroatoms. The summed E-state index contributed by atoms with van der Waals surface area (Å²) in [6.07, 6.45) is 0.745. The third-order valence-corrected chi connectivity index (χ3v) is 5.81. The quantitative estimate of drug-likeness (QED) is 0.567. The van der Waals surface area contributed by atoms with E-state index in [-0.39, 0.29) is 11.4 Å². The Balaban J connectivity index is 1.47. The van der Waals surface area contributed by atoms with Gasteiger partial charge in [0.2, 0.25) is 0 Å². The van der Waals surface area contributed by atoms with Crippen molar-refractivity contribution in [2.75, 3.05) is 26.2 Å². The zero-order chi connectivity index (χ0) is 19.5. The lowest BCUT2D eigenvalue weighted by atomic mass is 10.0. The fraction of sp³-hybridized carbons (Fsp3) is 0.348. The van der Waals surface area contributed by atoms with Crippen LogP contribution in [0.2, 0.25) is 0 Å². The van der Waals surface area contributed by atoms with Crippen LogP contribution >= 0.6 is 0 Å². The minimum Gasteiger partial charge on any atom is -0.508 e. The molecule has 1 fully saturated rings. The second kappa shape index (κ2) is 8.17. The molecule has 3 aromatic rings. The molecule has 0 atom stereocenters. The second-order valence-electron chi connectivity index (χ2n) is 7.76. The largest absolute Gasteiger partial charge is 0.508 e. The van der Waals surface area contributed by atoms with Crippen LogP contribution in [0.1, 0.15) is 23.6 Å². The smallest absolute Gasteiger partial charge is 0.336 e. The third-order valence-electron chi connectivity index (χ3n) is 5.81. The van der Waals surface area contributed by atoms with E-state index in [1.165, 1.54) is 10.5 Å². The molecule has 1 aromatic heterocycles. The first-order chi connectivity index (χ1) is 13.6. The fourth-order valence-electron chi connectivity index (χ4n) is 4.20. The van der Waals surface area contributed by atoms with Gasteiger partial charge in [-0.15, -0.1) is 0 Å². The van der Waals surface area contributed by atoms with Crippen molar-refractivity contribution < 1.29 is 19.3 Å². The Morgan fingerprint density at radius 2 is 1.61 bits per heavy atom. The van der Waals surface area contributed by atoms with E-state index in [9.17, 15) is 9.90 Å². The summed E-state index contributed by atoms with van der Waals surface area (Å²) in [4.78, 5) is 15.1. The molecule has 4 rings (SSSR count). The average molecular weight is 380 g/mol. The van der Waals surface area contributed by atoms with E-state index in [2.05, 4.69) is 30.3 Å². The van der Waals surface area contributed by atoms with E-state index in [1.54, 1.807) is 17.0 Å². The van der Waals surface area contributed by atoms with Crippen LogP contribution in [0.4, 0.5) is 0 Å². The number of benzene rings is 2. The summed E-state index contributed by atoms with van der Waals surface area (Å²) in [5.74, 6) is 0.195. The van der Waals surface area contributed by atoms with E-state index in [4.69, 9.17) is 4.42 Å². The molecule has 1 saturated heterocycles. The molecule has 0 unspecified atom stereocenters. The minimum atomic E-state index is -0.348. The van der Waals surface area contributed by atoms with Crippen molar-refractivity contribution in [2.45, 2.75) is 26.4 Å². The third kappa shape index (κ3) is 4.11. The van der Waals surface area contributed by atoms with Crippen LogP contribution in [0.3, 0.4) is 0 Å². The van der Waals surface area contributed by atoms with Gasteiger partial charge in [0.1, 0.15) is 50.6 Å². The monoisotopic (exact) mass is 380 g/mol. The van der Waals surface area contributed by atoms with E-state index in [0.29, 0.717) is 5.58 Å². The molecule has 146 valence electrons. The van der Waals surface area contributed by atoms with Crippen molar-refractivity contribution in [3.63, 3.8) is 0 Å². The number of hydrogen-bond donors (Lipinski definition) is 3. The number of phenols is 1. The molecule has 0 saturated carbocycles. The minimum absolute atomic E-state index is 0.195. The summed E-state index contributed by atoms with van der Waals surface area (Å²) in [6, 6.07) is 15.8. The molecule has 0 amide bonds. The van der Waals surface area contributed by atoms with Gasteiger partial charge in [-0.25, -0.2) is 4.79 Å². The Kier molecular flexibility index (Phi) is 5.46. The number of nitrogens with one attached hydrogen (secondary N) is 2. The predicted molar refractivity (Wildman–Crippen MR) is 109 cm³/mol. The van der Waals surface area contributed by atoms with Crippen molar-refractivity contribution in [3.05, 3.63) is 75.6 Å². The maximum atomic E-state index is 12.0. The summed E-state index contributed by atoms with van der Waals surface area (Å²) in [5.41, 5.74) is 3.42. The standard InChI is InChI=1S/C23H26N2O3/c1-2-18-12-20-19(13-23(27)28-22(20)14-21(18)26)16-25-10-8-24(9-11-25)15-17-6-4-3-5-7-17/h3-7,12-14,26H,2,8-11,15-16H2,1H3/p+2. The van der Waals surface area contributed by atoms with Gasteiger partial charge in [-0.05, 0) is 18.1 Å². The van der Waals surface area contributed by atoms with E-state index < -0.39 is 0 Å². The highest BCUT2D eigenvalue weighted by atomic mass is 16.4. The lowest BCUT2D eigenvalue weighted by molar-refractivity contribution is -1.02. The van der Waals surface area contributed by atoms with Crippen LogP contribution in [0.5, 0.6) is 5.75 Å². The summed E-state index contributed by atoms with van der Waals surface area (Å²) in [6.45, 7) is 8.33. The highest BCUT2D eigenvalue weighted by Gasteiger charge is 2.24. The first-order valence-electron chi connectivity index (χ1n) is 10.1. The predicted octanol–water partition coefficient (Wildman–Crippen LogP) is 0.545. The number of quaternary nitrogens is 2. The van der Waals surface area contributed by atoms with Gasteiger partial charge in [-0.3, -0.25) is 0 Å². The molecule has 5 nitrogen and oxygen atoms in total. The van der Waals surface area contributed by atoms with Crippen LogP contribution in [-0.4, -0.2) is 31.3 Å². The maximum Gasteiger partial charge on any atom is 0.336 e. The van der Waals surface area contributed by atoms with Crippen molar-refractivity contribution >= 4 is 11.0 Å². The highest BCUT2D eigenvalue weighted by Crippen LogP contribution is 2.26. The molecule has 1 aliphatic heterocycles. The van der Waals surface area contributed by atoms with Crippen molar-refractivity contribution in [1.82, 2.24) is 0 Å². The fourth-order valence-corrected chi connectivity index (χ4v) is 4.20. The van der Waals surface area contributed by atoms with Gasteiger partial charge in [-0.2, -0.15) is 0 Å². The zero-order valence-corrected chi connectivity index (χ0v) is 16.3. The molecule has 0 radical (unpaired) electrons. The lowest BCUT2D eigenvalue weighted by Gasteiger charge is -2.30. The summed E-state index contributed by atoms with van der Waals surface area (Å²) >= 11 is 0. The topological polar surface area (TPSA) is 59.3 Å². The molecule has 1 aliphatic rings. The normalized spacial score (nSPS) is 19.8. The SMILES string of the molecule is CCc1cc2c(C[NH+]3CC[NH+](Cc4ccccc4)CC3)cc(=O)oc2cc1O. The van der Waals surface area contributed by atoms with Gasteiger partial charge in [0.05, 0.1) is 0 Å². The first-order valence-corrected chi connectivity index (χ1v) is 10.1. The Labute approximate surface area is 164 Å². The van der Waals surface area contributed by atoms with Crippen molar-refractivity contribution in [2.24, 2.45) is 0 Å². The number of rotatable bonds is 5. The summed E-state index contributed by atoms with van der Waals surface area (Å²) in [5, 5.41) is 11.0. The Hall–Kier alpha value is -2.63. The molecule has 28 heavy (non-hydrogen) atoms. The maximum absolute atomic E-state index is 12.0. The Morgan fingerprint density at radius 1 is 0.929 bits per heavy atom. The molecule has 0 spiro atoms. The number of aromatic hydroxyl groups is 1. The summed E-state index contributed by atoms with van der Waals surface area (Å²) in [7, 11) is 0. The number of aryl methyl sites for hydroxylation is 1. The molecular weight excluding hydrogens is 352 g/mol. The summed E-state index contributed by atoms with van der Waals surface area (Å²) < 4.78 is 5.33. The van der Waals surface area contributed by atoms with Gasteiger partial charge >= 0.3 is 5.63 Å². The molecular formula is C23H28N2O3+2. The highest BCUT2D eigenvalue weighted by molar-refractivity contribution is 5.82.